The van der Waals surface area contributed by atoms with E-state index in [1.54, 1.807) is 49.6 Å². The Kier molecular flexibility index (Phi) is 6.76. The minimum atomic E-state index is -3.97. The van der Waals surface area contributed by atoms with Crippen LogP contribution in [0.25, 0.3) is 0 Å². The highest BCUT2D eigenvalue weighted by atomic mass is 32.2. The number of ether oxygens (including phenoxy) is 5. The normalized spacial score (nSPS) is 10.8. The Morgan fingerprint density at radius 3 is 1.81 bits per heavy atom. The van der Waals surface area contributed by atoms with Gasteiger partial charge in [0.25, 0.3) is 10.0 Å². The van der Waals surface area contributed by atoms with Gasteiger partial charge in [-0.2, -0.15) is 0 Å². The Morgan fingerprint density at radius 1 is 0.613 bits per heavy atom. The van der Waals surface area contributed by atoms with E-state index >= 15 is 0 Å². The van der Waals surface area contributed by atoms with Crippen molar-refractivity contribution in [2.75, 3.05) is 33.2 Å². The lowest BCUT2D eigenvalue weighted by molar-refractivity contribution is 0.378. The second-order valence-corrected chi connectivity index (χ2v) is 7.92. The molecule has 8 nitrogen and oxygen atoms in total. The molecule has 0 bridgehead atoms. The molecule has 0 aliphatic carbocycles. The van der Waals surface area contributed by atoms with Crippen molar-refractivity contribution in [3.05, 3.63) is 60.7 Å². The summed E-state index contributed by atoms with van der Waals surface area (Å²) in [5, 5.41) is 0. The van der Waals surface area contributed by atoms with E-state index in [4.69, 9.17) is 23.7 Å². The zero-order valence-corrected chi connectivity index (χ0v) is 18.4. The monoisotopic (exact) mass is 445 g/mol. The molecule has 0 spiro atoms. The van der Waals surface area contributed by atoms with Crippen molar-refractivity contribution in [2.24, 2.45) is 0 Å². The zero-order valence-electron chi connectivity index (χ0n) is 17.5. The van der Waals surface area contributed by atoms with Gasteiger partial charge in [-0.05, 0) is 48.5 Å². The molecule has 0 atom stereocenters. The van der Waals surface area contributed by atoms with Crippen LogP contribution in [-0.4, -0.2) is 36.9 Å². The third-order valence-electron chi connectivity index (χ3n) is 4.36. The van der Waals surface area contributed by atoms with Gasteiger partial charge in [-0.3, -0.25) is 4.72 Å². The van der Waals surface area contributed by atoms with E-state index in [0.29, 0.717) is 28.7 Å². The summed E-state index contributed by atoms with van der Waals surface area (Å²) in [5.74, 6) is 2.58. The Balaban J connectivity index is 1.92. The first-order valence-corrected chi connectivity index (χ1v) is 10.6. The van der Waals surface area contributed by atoms with E-state index in [9.17, 15) is 8.42 Å². The predicted octanol–water partition coefficient (Wildman–Crippen LogP) is 4.31. The molecule has 0 heterocycles. The maximum Gasteiger partial charge on any atom is 0.265 e. The summed E-state index contributed by atoms with van der Waals surface area (Å²) in [6.45, 7) is 0. The van der Waals surface area contributed by atoms with Gasteiger partial charge < -0.3 is 23.7 Å². The SMILES string of the molecule is COc1ccc(Oc2cc(NS(=O)(=O)c3cc(OC)ccc3OC)ccc2OC)cc1. The first-order valence-electron chi connectivity index (χ1n) is 9.15. The minimum Gasteiger partial charge on any atom is -0.497 e. The average Bonchev–Trinajstić information content (AvgIpc) is 2.79. The van der Waals surface area contributed by atoms with Crippen LogP contribution in [0.1, 0.15) is 0 Å². The lowest BCUT2D eigenvalue weighted by Gasteiger charge is -2.15. The highest BCUT2D eigenvalue weighted by Crippen LogP contribution is 2.36. The van der Waals surface area contributed by atoms with Crippen LogP contribution >= 0.6 is 0 Å². The predicted molar refractivity (Wildman–Crippen MR) is 116 cm³/mol. The summed E-state index contributed by atoms with van der Waals surface area (Å²) in [6.07, 6.45) is 0. The summed E-state index contributed by atoms with van der Waals surface area (Å²) < 4.78 is 55.3. The quantitative estimate of drug-likeness (QED) is 0.524. The van der Waals surface area contributed by atoms with E-state index in [2.05, 4.69) is 4.72 Å². The first-order chi connectivity index (χ1) is 14.9. The van der Waals surface area contributed by atoms with E-state index in [1.165, 1.54) is 39.5 Å². The minimum absolute atomic E-state index is 0.0530. The molecule has 164 valence electrons. The summed E-state index contributed by atoms with van der Waals surface area (Å²) in [7, 11) is 1.96. The Bertz CT molecular complexity index is 1150. The van der Waals surface area contributed by atoms with Crippen molar-refractivity contribution in [1.29, 1.82) is 0 Å². The van der Waals surface area contributed by atoms with E-state index in [-0.39, 0.29) is 16.3 Å². The molecule has 0 radical (unpaired) electrons. The zero-order chi connectivity index (χ0) is 22.4. The lowest BCUT2D eigenvalue weighted by atomic mass is 10.2. The fraction of sp³-hybridized carbons (Fsp3) is 0.182. The molecule has 0 amide bonds. The molecular weight excluding hydrogens is 422 g/mol. The molecule has 0 aliphatic rings. The highest BCUT2D eigenvalue weighted by Gasteiger charge is 2.21. The molecule has 1 N–H and O–H groups in total. The number of anilines is 1. The van der Waals surface area contributed by atoms with Crippen molar-refractivity contribution in [3.63, 3.8) is 0 Å². The first kappa shape index (κ1) is 22.1. The highest BCUT2D eigenvalue weighted by molar-refractivity contribution is 7.92. The third-order valence-corrected chi connectivity index (χ3v) is 5.77. The Hall–Kier alpha value is -3.59. The van der Waals surface area contributed by atoms with E-state index < -0.39 is 10.0 Å². The third kappa shape index (κ3) is 5.13. The van der Waals surface area contributed by atoms with Crippen LogP contribution in [0.15, 0.2) is 65.6 Å². The second-order valence-electron chi connectivity index (χ2n) is 6.27. The number of benzene rings is 3. The second kappa shape index (κ2) is 9.48. The van der Waals surface area contributed by atoms with Crippen LogP contribution < -0.4 is 28.4 Å². The lowest BCUT2D eigenvalue weighted by Crippen LogP contribution is -2.14. The van der Waals surface area contributed by atoms with Gasteiger partial charge in [-0.15, -0.1) is 0 Å². The molecule has 0 aromatic heterocycles. The molecule has 9 heteroatoms. The van der Waals surface area contributed by atoms with Crippen molar-refractivity contribution >= 4 is 15.7 Å². The largest absolute Gasteiger partial charge is 0.497 e. The summed E-state index contributed by atoms with van der Waals surface area (Å²) in [4.78, 5) is -0.0530. The fourth-order valence-electron chi connectivity index (χ4n) is 2.79. The molecule has 3 aromatic carbocycles. The summed E-state index contributed by atoms with van der Waals surface area (Å²) in [5.41, 5.74) is 0.286. The van der Waals surface area contributed by atoms with Gasteiger partial charge in [-0.1, -0.05) is 0 Å². The maximum absolute atomic E-state index is 13.0. The van der Waals surface area contributed by atoms with Crippen LogP contribution in [0.5, 0.6) is 34.5 Å². The number of sulfonamides is 1. The van der Waals surface area contributed by atoms with Gasteiger partial charge in [0.15, 0.2) is 11.5 Å². The van der Waals surface area contributed by atoms with E-state index in [0.717, 1.165) is 0 Å². The van der Waals surface area contributed by atoms with Crippen LogP contribution in [0.2, 0.25) is 0 Å². The molecular formula is C22H23NO7S. The summed E-state index contributed by atoms with van der Waals surface area (Å²) in [6, 6.07) is 16.2. The summed E-state index contributed by atoms with van der Waals surface area (Å²) >= 11 is 0. The van der Waals surface area contributed by atoms with Gasteiger partial charge in [0, 0.05) is 12.1 Å². The van der Waals surface area contributed by atoms with Crippen molar-refractivity contribution < 1.29 is 32.1 Å². The maximum atomic E-state index is 13.0. The standard InChI is InChI=1S/C22H23NO7S/c1-26-16-6-8-17(9-7-16)30-21-13-15(5-11-19(21)28-3)23-31(24,25)22-14-18(27-2)10-12-20(22)29-4/h5-14,23H,1-4H3. The Labute approximate surface area is 181 Å². The van der Waals surface area contributed by atoms with Gasteiger partial charge in [0.1, 0.15) is 27.9 Å². The van der Waals surface area contributed by atoms with Gasteiger partial charge in [0.05, 0.1) is 34.1 Å². The number of hydrogen-bond acceptors (Lipinski definition) is 7. The van der Waals surface area contributed by atoms with Crippen molar-refractivity contribution in [1.82, 2.24) is 0 Å². The van der Waals surface area contributed by atoms with Crippen molar-refractivity contribution in [2.45, 2.75) is 4.90 Å². The smallest absolute Gasteiger partial charge is 0.265 e. The number of rotatable bonds is 9. The molecule has 0 aliphatic heterocycles. The van der Waals surface area contributed by atoms with Crippen LogP contribution in [0.3, 0.4) is 0 Å². The molecule has 31 heavy (non-hydrogen) atoms. The number of methoxy groups -OCH3 is 4. The topological polar surface area (TPSA) is 92.3 Å². The van der Waals surface area contributed by atoms with Gasteiger partial charge in [0.2, 0.25) is 0 Å². The molecule has 0 saturated heterocycles. The van der Waals surface area contributed by atoms with Crippen molar-refractivity contribution in [3.8, 4) is 34.5 Å². The number of hydrogen-bond donors (Lipinski definition) is 1. The van der Waals surface area contributed by atoms with Gasteiger partial charge in [-0.25, -0.2) is 8.42 Å². The van der Waals surface area contributed by atoms with Crippen LogP contribution in [0, 0.1) is 0 Å². The van der Waals surface area contributed by atoms with Crippen LogP contribution in [0.4, 0.5) is 5.69 Å². The molecule has 0 unspecified atom stereocenters. The fourth-order valence-corrected chi connectivity index (χ4v) is 4.03. The molecule has 3 aromatic rings. The van der Waals surface area contributed by atoms with Crippen LogP contribution in [-0.2, 0) is 10.0 Å². The average molecular weight is 445 g/mol. The molecule has 0 saturated carbocycles. The molecule has 3 rings (SSSR count). The van der Waals surface area contributed by atoms with Gasteiger partial charge >= 0.3 is 0 Å². The van der Waals surface area contributed by atoms with E-state index in [1.807, 2.05) is 0 Å². The Morgan fingerprint density at radius 2 is 1.19 bits per heavy atom. The number of nitrogens with one attached hydrogen (secondary N) is 1. The molecule has 0 fully saturated rings.